The van der Waals surface area contributed by atoms with Gasteiger partial charge < -0.3 is 20.4 Å². The normalized spacial score (nSPS) is 8.46. The molecule has 4 N–H and O–H groups in total. The van der Waals surface area contributed by atoms with Crippen LogP contribution in [-0.4, -0.2) is 44.3 Å². The van der Waals surface area contributed by atoms with E-state index >= 15 is 0 Å². The number of hydrogen-bond donors (Lipinski definition) is 4. The Hall–Kier alpha value is -1.50. The van der Waals surface area contributed by atoms with Gasteiger partial charge in [-0.3, -0.25) is 19.2 Å². The minimum Gasteiger partial charge on any atom is -0.481 e. The Morgan fingerprint density at radius 3 is 0.538 bits per heavy atom. The molecular weight excluding hydrogens is 398 g/mol. The molecule has 0 aliphatic rings. The number of carboxylic acids is 4. The van der Waals surface area contributed by atoms with Crippen LogP contribution in [0.15, 0.2) is 0 Å². The Balaban J connectivity index is -0.0000000381. The van der Waals surface area contributed by atoms with Crippen molar-refractivity contribution in [2.45, 2.75) is 62.8 Å². The fourth-order valence-electron chi connectivity index (χ4n) is 0. The van der Waals surface area contributed by atoms with Crippen molar-refractivity contribution < 1.29 is 60.5 Å². The molecule has 0 aromatic heterocycles. The second kappa shape index (κ2) is 23.5. The molecule has 0 atom stereocenters. The Morgan fingerprint density at radius 1 is 0.500 bits per heavy atom. The van der Waals surface area contributed by atoms with Crippen LogP contribution in [0.3, 0.4) is 0 Å². The molecule has 0 saturated heterocycles. The quantitative estimate of drug-likeness (QED) is 0.489. The summed E-state index contributed by atoms with van der Waals surface area (Å²) >= 11 is 0. The van der Waals surface area contributed by atoms with Gasteiger partial charge in [0.25, 0.3) is 0 Å². The van der Waals surface area contributed by atoms with E-state index in [9.17, 15) is 19.2 Å². The van der Waals surface area contributed by atoms with E-state index in [4.69, 9.17) is 20.4 Å². The third-order valence-corrected chi connectivity index (χ3v) is 1.98. The van der Waals surface area contributed by atoms with E-state index in [0.29, 0.717) is 0 Å². The molecule has 154 valence electrons. The summed E-state index contributed by atoms with van der Waals surface area (Å²) in [6, 6.07) is 0. The van der Waals surface area contributed by atoms with E-state index in [1.165, 1.54) is 0 Å². The summed E-state index contributed by atoms with van der Waals surface area (Å²) in [5, 5.41) is 32.0. The summed E-state index contributed by atoms with van der Waals surface area (Å²) in [6.45, 7) is 13.1. The summed E-state index contributed by atoms with van der Waals surface area (Å²) in [5.74, 6) is -3.89. The molecule has 0 aliphatic carbocycles. The molecule has 0 unspecified atom stereocenters. The molecule has 9 heteroatoms. The third kappa shape index (κ3) is 49.5. The van der Waals surface area contributed by atoms with E-state index in [1.807, 2.05) is 0 Å². The van der Waals surface area contributed by atoms with E-state index < -0.39 is 23.9 Å². The maximum Gasteiger partial charge on any atom is 1.00 e. The van der Waals surface area contributed by atoms with Crippen LogP contribution < -0.4 is 0 Å². The molecule has 0 aromatic carbocycles. The van der Waals surface area contributed by atoms with Gasteiger partial charge in [0.2, 0.25) is 0 Å². The maximum atomic E-state index is 9.70. The topological polar surface area (TPSA) is 149 Å². The van der Waals surface area contributed by atoms with Crippen molar-refractivity contribution in [2.75, 3.05) is 0 Å². The number of rotatable bonds is 4. The van der Waals surface area contributed by atoms with Crippen LogP contribution in [0.2, 0.25) is 0 Å². The molecule has 0 amide bonds. The molecule has 0 saturated carbocycles. The van der Waals surface area contributed by atoms with Gasteiger partial charge in [-0.1, -0.05) is 62.8 Å². The zero-order valence-corrected chi connectivity index (χ0v) is 19.4. The largest absolute Gasteiger partial charge is 1.00 e. The van der Waals surface area contributed by atoms with E-state index in [-0.39, 0.29) is 52.0 Å². The van der Waals surface area contributed by atoms with Crippen LogP contribution in [0.1, 0.15) is 64.2 Å². The second-order valence-corrected chi connectivity index (χ2v) is 5.97. The molecule has 0 rings (SSSR count). The number of aliphatic carboxylic acids is 4. The van der Waals surface area contributed by atoms with Crippen LogP contribution in [-0.2, 0) is 38.7 Å². The minimum absolute atomic E-state index is 0. The predicted molar refractivity (Wildman–Crippen MR) is 97.7 cm³/mol. The number of carbonyl (C=O) groups is 4. The van der Waals surface area contributed by atoms with Crippen molar-refractivity contribution in [3.8, 4) is 0 Å². The molecule has 0 heterocycles. The van der Waals surface area contributed by atoms with E-state index in [0.717, 1.165) is 0 Å². The van der Waals surface area contributed by atoms with Crippen molar-refractivity contribution >= 4 is 23.9 Å². The number of carboxylic acid groups (broad SMARTS) is 4. The fraction of sp³-hybridized carbons (Fsp3) is 0.765. The van der Waals surface area contributed by atoms with Gasteiger partial charge in [-0.15, -0.1) is 0 Å². The zero-order chi connectivity index (χ0) is 20.6. The first-order valence-electron chi connectivity index (χ1n) is 7.48. The molecule has 8 nitrogen and oxygen atoms in total. The maximum absolute atomic E-state index is 9.70. The van der Waals surface area contributed by atoms with Gasteiger partial charge in [0.05, 0.1) is 23.7 Å². The van der Waals surface area contributed by atoms with Crippen LogP contribution in [0.25, 0.3) is 0 Å². The van der Waals surface area contributed by atoms with Crippen molar-refractivity contribution in [3.05, 3.63) is 0 Å². The van der Waals surface area contributed by atoms with Crippen LogP contribution in [0.4, 0.5) is 0 Å². The smallest absolute Gasteiger partial charge is 0.481 e. The Morgan fingerprint density at radius 2 is 0.538 bits per heavy atom. The standard InChI is InChI=1S/4C4H8O2.CH4.Zn/c4*1-3(2)4(5)6;;/h4*3H,1-2H3,(H,5,6);1H4;/p+1. The summed E-state index contributed by atoms with van der Waals surface area (Å²) < 4.78 is 0. The van der Waals surface area contributed by atoms with Gasteiger partial charge in [0.15, 0.2) is 0 Å². The average Bonchev–Trinajstić information content (AvgIpc) is 2.40. The SMILES string of the molecule is C.CC(C)C(=O)O.CC(C)C(=O)O.CC(C)C(=O)O.CC(C)C(=O)O.[H+].[Zn]. The first-order valence-corrected chi connectivity index (χ1v) is 7.48. The first kappa shape index (κ1) is 39.5. The van der Waals surface area contributed by atoms with Crippen molar-refractivity contribution in [3.63, 3.8) is 0 Å². The van der Waals surface area contributed by atoms with Crippen molar-refractivity contribution in [1.82, 2.24) is 0 Å². The van der Waals surface area contributed by atoms with Crippen LogP contribution >= 0.6 is 0 Å². The van der Waals surface area contributed by atoms with Crippen LogP contribution in [0.5, 0.6) is 0 Å². The molecule has 26 heavy (non-hydrogen) atoms. The van der Waals surface area contributed by atoms with Gasteiger partial charge in [-0.05, 0) is 0 Å². The van der Waals surface area contributed by atoms with Gasteiger partial charge in [0.1, 0.15) is 0 Å². The van der Waals surface area contributed by atoms with E-state index in [2.05, 4.69) is 0 Å². The zero-order valence-electron chi connectivity index (χ0n) is 17.4. The van der Waals surface area contributed by atoms with Crippen LogP contribution in [0, 0.1) is 23.7 Å². The molecule has 0 radical (unpaired) electrons. The second-order valence-electron chi connectivity index (χ2n) is 5.97. The molecule has 0 spiro atoms. The Labute approximate surface area is 171 Å². The van der Waals surface area contributed by atoms with Gasteiger partial charge in [-0.2, -0.15) is 0 Å². The average molecular weight is 435 g/mol. The molecule has 0 aliphatic heterocycles. The van der Waals surface area contributed by atoms with E-state index in [1.54, 1.807) is 55.4 Å². The van der Waals surface area contributed by atoms with Crippen molar-refractivity contribution in [2.24, 2.45) is 23.7 Å². The molecule has 0 bridgehead atoms. The molecule has 0 fully saturated rings. The summed E-state index contributed by atoms with van der Waals surface area (Å²) in [4.78, 5) is 38.8. The van der Waals surface area contributed by atoms with Crippen molar-refractivity contribution in [1.29, 1.82) is 0 Å². The first-order chi connectivity index (χ1) is 10.6. The Bertz CT molecular complexity index is 311. The fourth-order valence-corrected chi connectivity index (χ4v) is 0. The monoisotopic (exact) mass is 433 g/mol. The molecule has 0 aromatic rings. The Kier molecular flexibility index (Phi) is 35.7. The molecular formula is C17H37O8Zn+. The predicted octanol–water partition coefficient (Wildman–Crippen LogP) is 3.65. The third-order valence-electron chi connectivity index (χ3n) is 1.98. The summed E-state index contributed by atoms with van der Waals surface area (Å²) in [6.07, 6.45) is 0. The summed E-state index contributed by atoms with van der Waals surface area (Å²) in [5.41, 5.74) is 0. The van der Waals surface area contributed by atoms with Gasteiger partial charge >= 0.3 is 25.3 Å². The van der Waals surface area contributed by atoms with Gasteiger partial charge in [-0.25, -0.2) is 0 Å². The minimum atomic E-state index is -0.741. The number of hydrogen-bond acceptors (Lipinski definition) is 4. The van der Waals surface area contributed by atoms with Gasteiger partial charge in [0, 0.05) is 19.5 Å². The summed E-state index contributed by atoms with van der Waals surface area (Å²) in [7, 11) is 0.